The molecule has 1 N–H and O–H groups in total. The van der Waals surface area contributed by atoms with Gasteiger partial charge in [0.15, 0.2) is 5.82 Å². The van der Waals surface area contributed by atoms with E-state index in [1.54, 1.807) is 17.4 Å². The van der Waals surface area contributed by atoms with Gasteiger partial charge in [0, 0.05) is 12.6 Å². The number of aryl methyl sites for hydroxylation is 1. The average Bonchev–Trinajstić information content (AvgIpc) is 2.82. The van der Waals surface area contributed by atoms with Gasteiger partial charge in [0.1, 0.15) is 5.15 Å². The van der Waals surface area contributed by atoms with Gasteiger partial charge < -0.3 is 0 Å². The Labute approximate surface area is 134 Å². The summed E-state index contributed by atoms with van der Waals surface area (Å²) < 4.78 is 38.4. The van der Waals surface area contributed by atoms with Crippen molar-refractivity contribution < 1.29 is 18.0 Å². The molecule has 0 saturated heterocycles. The molecule has 0 saturated carbocycles. The molecule has 6 nitrogen and oxygen atoms in total. The summed E-state index contributed by atoms with van der Waals surface area (Å²) in [6, 6.07) is 3.21. The molecule has 0 fully saturated rings. The van der Waals surface area contributed by atoms with Crippen molar-refractivity contribution in [1.29, 1.82) is 0 Å². The number of nitrogens with zero attached hydrogens (tertiary/aromatic N) is 4. The molecule has 23 heavy (non-hydrogen) atoms. The Kier molecular flexibility index (Phi) is 5.19. The Hall–Kier alpha value is -2.16. The first-order chi connectivity index (χ1) is 10.8. The van der Waals surface area contributed by atoms with Crippen LogP contribution in [-0.2, 0) is 17.8 Å². The van der Waals surface area contributed by atoms with Crippen molar-refractivity contribution in [3.8, 4) is 0 Å². The fourth-order valence-electron chi connectivity index (χ4n) is 1.77. The van der Waals surface area contributed by atoms with E-state index < -0.39 is 12.1 Å². The van der Waals surface area contributed by atoms with E-state index in [4.69, 9.17) is 11.6 Å². The van der Waals surface area contributed by atoms with E-state index in [9.17, 15) is 18.0 Å². The number of hydrogen-bond donors (Lipinski definition) is 1. The van der Waals surface area contributed by atoms with E-state index in [1.807, 2.05) is 6.92 Å². The van der Waals surface area contributed by atoms with Gasteiger partial charge >= 0.3 is 12.1 Å². The van der Waals surface area contributed by atoms with E-state index in [1.165, 1.54) is 10.9 Å². The Morgan fingerprint density at radius 2 is 2.13 bits per heavy atom. The van der Waals surface area contributed by atoms with Crippen molar-refractivity contribution in [1.82, 2.24) is 19.7 Å². The van der Waals surface area contributed by atoms with E-state index in [0.717, 1.165) is 6.42 Å². The summed E-state index contributed by atoms with van der Waals surface area (Å²) in [4.78, 5) is 18.9. The molecular weight excluding hydrogens is 335 g/mol. The van der Waals surface area contributed by atoms with Crippen LogP contribution in [-0.4, -0.2) is 31.8 Å². The van der Waals surface area contributed by atoms with Crippen molar-refractivity contribution >= 4 is 23.5 Å². The van der Waals surface area contributed by atoms with Crippen LogP contribution in [0.15, 0.2) is 18.3 Å². The number of carbonyl (C=O) groups excluding carboxylic acids is 1. The summed E-state index contributed by atoms with van der Waals surface area (Å²) in [5.74, 6) is -2.00. The number of halogens is 4. The van der Waals surface area contributed by atoms with Gasteiger partial charge in [-0.25, -0.2) is 9.67 Å². The van der Waals surface area contributed by atoms with Gasteiger partial charge in [0.25, 0.3) is 0 Å². The second-order valence-corrected chi connectivity index (χ2v) is 5.09. The van der Waals surface area contributed by atoms with Crippen molar-refractivity contribution in [3.63, 3.8) is 0 Å². The summed E-state index contributed by atoms with van der Waals surface area (Å²) >= 11 is 5.68. The molecule has 0 spiro atoms. The standard InChI is InChI=1S/C13H13ClF3N5O/c1-2-3-10-19-12(20-11(23)13(15,16)17)22(21-10)7-8-4-5-9(14)18-6-8/h4-6H,2-3,7H2,1H3,(H,19,20,21,23). The second-order valence-electron chi connectivity index (χ2n) is 4.70. The third-order valence-electron chi connectivity index (χ3n) is 2.79. The minimum absolute atomic E-state index is 0.106. The molecule has 2 aromatic heterocycles. The third-order valence-corrected chi connectivity index (χ3v) is 3.02. The molecular formula is C13H13ClF3N5O. The van der Waals surface area contributed by atoms with Crippen LogP contribution < -0.4 is 5.32 Å². The molecule has 1 amide bonds. The molecule has 0 aliphatic carbocycles. The molecule has 0 unspecified atom stereocenters. The molecule has 0 atom stereocenters. The maximum atomic E-state index is 12.4. The number of anilines is 1. The quantitative estimate of drug-likeness (QED) is 0.844. The van der Waals surface area contributed by atoms with Gasteiger partial charge in [-0.15, -0.1) is 0 Å². The Balaban J connectivity index is 2.25. The number of nitrogens with one attached hydrogen (secondary N) is 1. The summed E-state index contributed by atoms with van der Waals surface area (Å²) in [5.41, 5.74) is 0.657. The van der Waals surface area contributed by atoms with Crippen molar-refractivity contribution in [2.45, 2.75) is 32.5 Å². The lowest BCUT2D eigenvalue weighted by Crippen LogP contribution is -2.31. The molecule has 0 radical (unpaired) electrons. The van der Waals surface area contributed by atoms with Gasteiger partial charge in [-0.05, 0) is 18.1 Å². The zero-order valence-corrected chi connectivity index (χ0v) is 12.8. The molecule has 2 aromatic rings. The van der Waals surface area contributed by atoms with Crippen LogP contribution >= 0.6 is 11.6 Å². The van der Waals surface area contributed by atoms with Crippen molar-refractivity contribution in [2.24, 2.45) is 0 Å². The smallest absolute Gasteiger partial charge is 0.287 e. The zero-order chi connectivity index (χ0) is 17.0. The molecule has 0 aliphatic rings. The van der Waals surface area contributed by atoms with E-state index >= 15 is 0 Å². The number of amides is 1. The number of aromatic nitrogens is 4. The van der Waals surface area contributed by atoms with Gasteiger partial charge in [-0.1, -0.05) is 24.6 Å². The molecule has 0 bridgehead atoms. The summed E-state index contributed by atoms with van der Waals surface area (Å²) in [7, 11) is 0. The zero-order valence-electron chi connectivity index (χ0n) is 12.1. The highest BCUT2D eigenvalue weighted by atomic mass is 35.5. The lowest BCUT2D eigenvalue weighted by Gasteiger charge is -2.09. The van der Waals surface area contributed by atoms with Crippen LogP contribution in [0.4, 0.5) is 19.1 Å². The topological polar surface area (TPSA) is 72.7 Å². The average molecular weight is 348 g/mol. The summed E-state index contributed by atoms with van der Waals surface area (Å²) in [6.07, 6.45) is -2.32. The molecule has 0 aliphatic heterocycles. The van der Waals surface area contributed by atoms with Gasteiger partial charge in [0.2, 0.25) is 5.95 Å². The van der Waals surface area contributed by atoms with Gasteiger partial charge in [0.05, 0.1) is 6.54 Å². The first-order valence-electron chi connectivity index (χ1n) is 6.72. The Bertz CT molecular complexity index is 684. The number of alkyl halides is 3. The first kappa shape index (κ1) is 17.2. The second kappa shape index (κ2) is 6.95. The molecule has 124 valence electrons. The van der Waals surface area contributed by atoms with Crippen LogP contribution in [0.2, 0.25) is 5.15 Å². The normalized spacial score (nSPS) is 11.5. The molecule has 0 aromatic carbocycles. The predicted octanol–water partition coefficient (Wildman–Crippen LogP) is 2.83. The minimum atomic E-state index is -5.00. The van der Waals surface area contributed by atoms with E-state index in [0.29, 0.717) is 23.0 Å². The molecule has 10 heteroatoms. The number of rotatable bonds is 5. The van der Waals surface area contributed by atoms with Crippen molar-refractivity contribution in [3.05, 3.63) is 34.9 Å². The predicted molar refractivity (Wildman–Crippen MR) is 77.1 cm³/mol. The summed E-state index contributed by atoms with van der Waals surface area (Å²) in [5, 5.41) is 6.15. The lowest BCUT2D eigenvalue weighted by molar-refractivity contribution is -0.167. The highest BCUT2D eigenvalue weighted by Gasteiger charge is 2.39. The van der Waals surface area contributed by atoms with Crippen LogP contribution in [0.1, 0.15) is 24.7 Å². The van der Waals surface area contributed by atoms with Crippen LogP contribution in [0.5, 0.6) is 0 Å². The minimum Gasteiger partial charge on any atom is -0.287 e. The van der Waals surface area contributed by atoms with E-state index in [-0.39, 0.29) is 12.5 Å². The Morgan fingerprint density at radius 1 is 1.39 bits per heavy atom. The monoisotopic (exact) mass is 347 g/mol. The van der Waals surface area contributed by atoms with Gasteiger partial charge in [-0.2, -0.15) is 23.3 Å². The fourth-order valence-corrected chi connectivity index (χ4v) is 1.88. The van der Waals surface area contributed by atoms with Gasteiger partial charge in [-0.3, -0.25) is 10.1 Å². The van der Waals surface area contributed by atoms with E-state index in [2.05, 4.69) is 15.1 Å². The SMILES string of the molecule is CCCc1nc(NC(=O)C(F)(F)F)n(Cc2ccc(Cl)nc2)n1. The lowest BCUT2D eigenvalue weighted by atomic mass is 10.3. The largest absolute Gasteiger partial charge is 0.471 e. The van der Waals surface area contributed by atoms with Crippen LogP contribution in [0.25, 0.3) is 0 Å². The maximum absolute atomic E-state index is 12.4. The third kappa shape index (κ3) is 4.65. The molecule has 2 rings (SSSR count). The highest BCUT2D eigenvalue weighted by Crippen LogP contribution is 2.18. The van der Waals surface area contributed by atoms with Crippen LogP contribution in [0.3, 0.4) is 0 Å². The van der Waals surface area contributed by atoms with Crippen LogP contribution in [0, 0.1) is 0 Å². The highest BCUT2D eigenvalue weighted by molar-refractivity contribution is 6.29. The number of carbonyl (C=O) groups is 1. The first-order valence-corrected chi connectivity index (χ1v) is 7.09. The maximum Gasteiger partial charge on any atom is 0.471 e. The molecule has 2 heterocycles. The van der Waals surface area contributed by atoms with Crippen molar-refractivity contribution in [2.75, 3.05) is 5.32 Å². The number of pyridine rings is 1. The summed E-state index contributed by atoms with van der Waals surface area (Å²) in [6.45, 7) is 1.99. The Morgan fingerprint density at radius 3 is 2.70 bits per heavy atom. The number of hydrogen-bond acceptors (Lipinski definition) is 4. The fraction of sp³-hybridized carbons (Fsp3) is 0.385.